The molecule has 2 atom stereocenters. The Labute approximate surface area is 96.6 Å². The van der Waals surface area contributed by atoms with Crippen LogP contribution in [0.15, 0.2) is 4.52 Å². The van der Waals surface area contributed by atoms with Gasteiger partial charge in [0.05, 0.1) is 18.2 Å². The fourth-order valence-corrected chi connectivity index (χ4v) is 1.98. The van der Waals surface area contributed by atoms with E-state index < -0.39 is 0 Å². The maximum absolute atomic E-state index is 8.70. The first kappa shape index (κ1) is 12.7. The van der Waals surface area contributed by atoms with Crippen molar-refractivity contribution < 1.29 is 4.52 Å². The molecular weight excluding hydrogens is 202 g/mol. The van der Waals surface area contributed by atoms with Crippen molar-refractivity contribution in [2.24, 2.45) is 0 Å². The van der Waals surface area contributed by atoms with Crippen LogP contribution in [0.2, 0.25) is 0 Å². The average Bonchev–Trinajstić information content (AvgIpc) is 2.57. The molecule has 1 N–H and O–H groups in total. The largest absolute Gasteiger partial charge is 0.361 e. The molecule has 0 saturated carbocycles. The number of hydrogen-bond acceptors (Lipinski definition) is 4. The molecule has 16 heavy (non-hydrogen) atoms. The van der Waals surface area contributed by atoms with E-state index in [1.54, 1.807) is 0 Å². The summed E-state index contributed by atoms with van der Waals surface area (Å²) < 4.78 is 5.14. The Balaban J connectivity index is 2.72. The molecule has 0 radical (unpaired) electrons. The Morgan fingerprint density at radius 3 is 2.62 bits per heavy atom. The van der Waals surface area contributed by atoms with Crippen molar-refractivity contribution in [1.82, 2.24) is 10.5 Å². The molecule has 0 saturated heterocycles. The minimum atomic E-state index is 0.171. The zero-order valence-corrected chi connectivity index (χ0v) is 10.4. The highest BCUT2D eigenvalue weighted by Gasteiger charge is 2.18. The standard InChI is InChI=1S/C12H19N3O/c1-5-11(6-7-13)14-8(2)12-9(3)15-16-10(12)4/h8,11,14H,5-6H2,1-4H3. The zero-order valence-electron chi connectivity index (χ0n) is 10.4. The van der Waals surface area contributed by atoms with Gasteiger partial charge in [-0.25, -0.2) is 0 Å². The van der Waals surface area contributed by atoms with Crippen LogP contribution < -0.4 is 5.32 Å². The summed E-state index contributed by atoms with van der Waals surface area (Å²) in [5, 5.41) is 16.1. The fourth-order valence-electron chi connectivity index (χ4n) is 1.98. The Hall–Kier alpha value is -1.34. The van der Waals surface area contributed by atoms with Crippen LogP contribution in [0, 0.1) is 25.2 Å². The second kappa shape index (κ2) is 5.66. The number of aromatic nitrogens is 1. The summed E-state index contributed by atoms with van der Waals surface area (Å²) in [5.74, 6) is 0.851. The third kappa shape index (κ3) is 2.83. The van der Waals surface area contributed by atoms with E-state index in [9.17, 15) is 0 Å². The molecule has 0 aliphatic heterocycles. The van der Waals surface area contributed by atoms with Crippen LogP contribution in [-0.4, -0.2) is 11.2 Å². The number of rotatable bonds is 5. The third-order valence-electron chi connectivity index (χ3n) is 2.84. The monoisotopic (exact) mass is 221 g/mol. The van der Waals surface area contributed by atoms with Gasteiger partial charge >= 0.3 is 0 Å². The van der Waals surface area contributed by atoms with Crippen LogP contribution in [0.3, 0.4) is 0 Å². The molecule has 0 bridgehead atoms. The van der Waals surface area contributed by atoms with Gasteiger partial charge < -0.3 is 9.84 Å². The number of aryl methyl sites for hydroxylation is 2. The van der Waals surface area contributed by atoms with Crippen molar-refractivity contribution in [2.75, 3.05) is 0 Å². The van der Waals surface area contributed by atoms with Gasteiger partial charge in [0.1, 0.15) is 5.76 Å². The summed E-state index contributed by atoms with van der Waals surface area (Å²) in [5.41, 5.74) is 2.03. The smallest absolute Gasteiger partial charge is 0.138 e. The van der Waals surface area contributed by atoms with Gasteiger partial charge in [-0.15, -0.1) is 0 Å². The van der Waals surface area contributed by atoms with Crippen molar-refractivity contribution >= 4 is 0 Å². The maximum atomic E-state index is 8.70. The predicted octanol–water partition coefficient (Wildman–Crippen LogP) is 2.63. The average molecular weight is 221 g/mol. The van der Waals surface area contributed by atoms with Crippen LogP contribution in [0.5, 0.6) is 0 Å². The van der Waals surface area contributed by atoms with Crippen LogP contribution in [0.25, 0.3) is 0 Å². The first-order valence-corrected chi connectivity index (χ1v) is 5.65. The number of nitrogens with zero attached hydrogens (tertiary/aromatic N) is 2. The first-order valence-electron chi connectivity index (χ1n) is 5.65. The predicted molar refractivity (Wildman–Crippen MR) is 61.8 cm³/mol. The lowest BCUT2D eigenvalue weighted by molar-refractivity contribution is 0.388. The number of hydrogen-bond donors (Lipinski definition) is 1. The van der Waals surface area contributed by atoms with Crippen molar-refractivity contribution in [3.8, 4) is 6.07 Å². The van der Waals surface area contributed by atoms with Crippen molar-refractivity contribution in [3.05, 3.63) is 17.0 Å². The van der Waals surface area contributed by atoms with Gasteiger partial charge in [0.25, 0.3) is 0 Å². The molecule has 0 spiro atoms. The van der Waals surface area contributed by atoms with E-state index in [2.05, 4.69) is 30.4 Å². The summed E-state index contributed by atoms with van der Waals surface area (Å²) in [6.45, 7) is 8.01. The number of nitrogens with one attached hydrogen (secondary N) is 1. The lowest BCUT2D eigenvalue weighted by atomic mass is 10.0. The molecule has 4 nitrogen and oxygen atoms in total. The molecule has 1 aromatic rings. The second-order valence-corrected chi connectivity index (χ2v) is 4.09. The van der Waals surface area contributed by atoms with E-state index in [-0.39, 0.29) is 12.1 Å². The highest BCUT2D eigenvalue weighted by molar-refractivity contribution is 5.24. The Kier molecular flexibility index (Phi) is 4.51. The van der Waals surface area contributed by atoms with Gasteiger partial charge in [0.15, 0.2) is 0 Å². The second-order valence-electron chi connectivity index (χ2n) is 4.09. The van der Waals surface area contributed by atoms with Crippen LogP contribution in [0.1, 0.15) is 49.7 Å². The molecular formula is C12H19N3O. The van der Waals surface area contributed by atoms with E-state index in [1.165, 1.54) is 0 Å². The van der Waals surface area contributed by atoms with Gasteiger partial charge in [-0.1, -0.05) is 12.1 Å². The molecule has 0 aliphatic rings. The van der Waals surface area contributed by atoms with E-state index in [4.69, 9.17) is 9.78 Å². The molecule has 1 aromatic heterocycles. The van der Waals surface area contributed by atoms with E-state index in [0.717, 1.165) is 23.4 Å². The van der Waals surface area contributed by atoms with E-state index in [1.807, 2.05) is 13.8 Å². The molecule has 0 aliphatic carbocycles. The molecule has 2 unspecified atom stereocenters. The van der Waals surface area contributed by atoms with Crippen molar-refractivity contribution in [3.63, 3.8) is 0 Å². The van der Waals surface area contributed by atoms with Crippen LogP contribution in [0.4, 0.5) is 0 Å². The maximum Gasteiger partial charge on any atom is 0.138 e. The van der Waals surface area contributed by atoms with Gasteiger partial charge in [-0.3, -0.25) is 0 Å². The molecule has 0 aromatic carbocycles. The Morgan fingerprint density at radius 2 is 2.19 bits per heavy atom. The van der Waals surface area contributed by atoms with Crippen molar-refractivity contribution in [2.45, 2.75) is 52.6 Å². The van der Waals surface area contributed by atoms with Crippen molar-refractivity contribution in [1.29, 1.82) is 5.26 Å². The summed E-state index contributed by atoms with van der Waals surface area (Å²) in [6.07, 6.45) is 1.48. The lowest BCUT2D eigenvalue weighted by Gasteiger charge is -2.20. The van der Waals surface area contributed by atoms with Gasteiger partial charge in [-0.2, -0.15) is 5.26 Å². The molecule has 4 heteroatoms. The Bertz CT molecular complexity index is 359. The summed E-state index contributed by atoms with van der Waals surface area (Å²) in [6, 6.07) is 2.60. The molecule has 0 amide bonds. The van der Waals surface area contributed by atoms with E-state index >= 15 is 0 Å². The van der Waals surface area contributed by atoms with Gasteiger partial charge in [0.2, 0.25) is 0 Å². The van der Waals surface area contributed by atoms with Gasteiger partial charge in [-0.05, 0) is 27.2 Å². The quantitative estimate of drug-likeness (QED) is 0.830. The Morgan fingerprint density at radius 1 is 1.50 bits per heavy atom. The molecule has 1 heterocycles. The molecule has 0 fully saturated rings. The normalized spacial score (nSPS) is 14.4. The SMILES string of the molecule is CCC(CC#N)NC(C)c1c(C)noc1C. The highest BCUT2D eigenvalue weighted by atomic mass is 16.5. The molecule has 1 rings (SSSR count). The fraction of sp³-hybridized carbons (Fsp3) is 0.667. The zero-order chi connectivity index (χ0) is 12.1. The summed E-state index contributed by atoms with van der Waals surface area (Å²) in [4.78, 5) is 0. The topological polar surface area (TPSA) is 61.9 Å². The summed E-state index contributed by atoms with van der Waals surface area (Å²) >= 11 is 0. The first-order chi connectivity index (χ1) is 7.60. The van der Waals surface area contributed by atoms with Crippen LogP contribution in [-0.2, 0) is 0 Å². The van der Waals surface area contributed by atoms with Gasteiger partial charge in [0, 0.05) is 17.6 Å². The minimum Gasteiger partial charge on any atom is -0.361 e. The third-order valence-corrected chi connectivity index (χ3v) is 2.84. The molecule has 88 valence electrons. The highest BCUT2D eigenvalue weighted by Crippen LogP contribution is 2.21. The minimum absolute atomic E-state index is 0.171. The lowest BCUT2D eigenvalue weighted by Crippen LogP contribution is -2.31. The summed E-state index contributed by atoms with van der Waals surface area (Å²) in [7, 11) is 0. The van der Waals surface area contributed by atoms with E-state index in [0.29, 0.717) is 6.42 Å². The number of nitriles is 1. The van der Waals surface area contributed by atoms with Crippen LogP contribution >= 0.6 is 0 Å².